The molecule has 1 saturated carbocycles. The standard InChI is InChI=1S/C16H19NO5S/c18-15(17-12-3-8-23(19,20)10-12)16(4-5-16)11-1-2-13-14(9-11)22-7-6-21-13/h1-2,9,12H,3-8,10H2,(H,17,18). The van der Waals surface area contributed by atoms with Crippen LogP contribution in [-0.4, -0.2) is 45.1 Å². The highest BCUT2D eigenvalue weighted by molar-refractivity contribution is 7.91. The SMILES string of the molecule is O=C(NC1CCS(=O)(=O)C1)C1(c2ccc3c(c2)OCCO3)CC1. The van der Waals surface area contributed by atoms with Gasteiger partial charge in [-0.05, 0) is 37.0 Å². The van der Waals surface area contributed by atoms with E-state index < -0.39 is 15.3 Å². The minimum absolute atomic E-state index is 0.0515. The molecule has 7 heteroatoms. The maximum absolute atomic E-state index is 12.7. The van der Waals surface area contributed by atoms with Gasteiger partial charge in [0.15, 0.2) is 21.3 Å². The van der Waals surface area contributed by atoms with Crippen molar-refractivity contribution in [3.05, 3.63) is 23.8 Å². The van der Waals surface area contributed by atoms with Crippen LogP contribution < -0.4 is 14.8 Å². The summed E-state index contributed by atoms with van der Waals surface area (Å²) in [5, 5.41) is 2.93. The number of fused-ring (bicyclic) bond motifs is 1. The van der Waals surface area contributed by atoms with Crippen LogP contribution >= 0.6 is 0 Å². The van der Waals surface area contributed by atoms with E-state index in [4.69, 9.17) is 9.47 Å². The van der Waals surface area contributed by atoms with E-state index in [1.807, 2.05) is 18.2 Å². The quantitative estimate of drug-likeness (QED) is 0.882. The van der Waals surface area contributed by atoms with Crippen LogP contribution in [0.2, 0.25) is 0 Å². The van der Waals surface area contributed by atoms with E-state index in [2.05, 4.69) is 5.32 Å². The highest BCUT2D eigenvalue weighted by atomic mass is 32.2. The van der Waals surface area contributed by atoms with Crippen molar-refractivity contribution in [2.24, 2.45) is 0 Å². The second kappa shape index (κ2) is 5.12. The van der Waals surface area contributed by atoms with Gasteiger partial charge in [0.1, 0.15) is 13.2 Å². The summed E-state index contributed by atoms with van der Waals surface area (Å²) >= 11 is 0. The summed E-state index contributed by atoms with van der Waals surface area (Å²) in [5.74, 6) is 1.52. The van der Waals surface area contributed by atoms with Gasteiger partial charge >= 0.3 is 0 Å². The van der Waals surface area contributed by atoms with Gasteiger partial charge in [-0.15, -0.1) is 0 Å². The summed E-state index contributed by atoms with van der Waals surface area (Å²) in [5.41, 5.74) is 0.377. The lowest BCUT2D eigenvalue weighted by molar-refractivity contribution is -0.124. The third-order valence-corrected chi connectivity index (χ3v) is 6.62. The first kappa shape index (κ1) is 14.8. The molecule has 0 spiro atoms. The van der Waals surface area contributed by atoms with Crippen molar-refractivity contribution in [2.75, 3.05) is 24.7 Å². The predicted octanol–water partition coefficient (Wildman–Crippen LogP) is 0.793. The molecule has 23 heavy (non-hydrogen) atoms. The number of ether oxygens (including phenoxy) is 2. The molecule has 1 amide bonds. The van der Waals surface area contributed by atoms with Crippen molar-refractivity contribution in [1.29, 1.82) is 0 Å². The third kappa shape index (κ3) is 2.67. The lowest BCUT2D eigenvalue weighted by Gasteiger charge is -2.22. The molecule has 1 saturated heterocycles. The summed E-state index contributed by atoms with van der Waals surface area (Å²) in [4.78, 5) is 12.7. The number of carbonyl (C=O) groups excluding carboxylic acids is 1. The average Bonchev–Trinajstić information content (AvgIpc) is 3.27. The van der Waals surface area contributed by atoms with Crippen molar-refractivity contribution >= 4 is 15.7 Å². The molecule has 0 aromatic heterocycles. The molecule has 2 fully saturated rings. The summed E-state index contributed by atoms with van der Waals surface area (Å²) in [6, 6.07) is 5.37. The van der Waals surface area contributed by atoms with E-state index in [9.17, 15) is 13.2 Å². The molecule has 3 aliphatic rings. The number of sulfone groups is 1. The number of nitrogens with one attached hydrogen (secondary N) is 1. The molecule has 2 heterocycles. The Morgan fingerprint density at radius 1 is 1.17 bits per heavy atom. The van der Waals surface area contributed by atoms with Gasteiger partial charge in [-0.1, -0.05) is 6.07 Å². The van der Waals surface area contributed by atoms with E-state index in [0.717, 1.165) is 18.4 Å². The van der Waals surface area contributed by atoms with E-state index in [0.29, 0.717) is 31.1 Å². The van der Waals surface area contributed by atoms with Gasteiger partial charge in [0.2, 0.25) is 5.91 Å². The summed E-state index contributed by atoms with van der Waals surface area (Å²) in [6.45, 7) is 1.05. The molecule has 4 rings (SSSR count). The molecule has 6 nitrogen and oxygen atoms in total. The monoisotopic (exact) mass is 337 g/mol. The van der Waals surface area contributed by atoms with Crippen LogP contribution in [0.4, 0.5) is 0 Å². The normalized spacial score (nSPS) is 26.5. The zero-order valence-electron chi connectivity index (χ0n) is 12.7. The Balaban J connectivity index is 1.53. The molecule has 1 unspecified atom stereocenters. The molecule has 1 atom stereocenters. The second-order valence-corrected chi connectivity index (χ2v) is 8.74. The number of amides is 1. The maximum atomic E-state index is 12.7. The highest BCUT2D eigenvalue weighted by Crippen LogP contribution is 2.50. The van der Waals surface area contributed by atoms with Gasteiger partial charge in [0, 0.05) is 6.04 Å². The zero-order chi connectivity index (χ0) is 16.1. The van der Waals surface area contributed by atoms with Gasteiger partial charge in [0.25, 0.3) is 0 Å². The van der Waals surface area contributed by atoms with E-state index >= 15 is 0 Å². The maximum Gasteiger partial charge on any atom is 0.230 e. The van der Waals surface area contributed by atoms with Crippen molar-refractivity contribution in [3.63, 3.8) is 0 Å². The first-order valence-corrected chi connectivity index (χ1v) is 9.72. The van der Waals surface area contributed by atoms with Crippen LogP contribution in [0.1, 0.15) is 24.8 Å². The molecule has 1 aliphatic carbocycles. The lowest BCUT2D eigenvalue weighted by atomic mass is 9.94. The smallest absolute Gasteiger partial charge is 0.230 e. The number of benzene rings is 1. The Bertz CT molecular complexity index is 754. The number of hydrogen-bond acceptors (Lipinski definition) is 5. The number of hydrogen-bond donors (Lipinski definition) is 1. The zero-order valence-corrected chi connectivity index (χ0v) is 13.5. The minimum atomic E-state index is -2.99. The summed E-state index contributed by atoms with van der Waals surface area (Å²) < 4.78 is 34.2. The van der Waals surface area contributed by atoms with Gasteiger partial charge in [-0.2, -0.15) is 0 Å². The van der Waals surface area contributed by atoms with Gasteiger partial charge < -0.3 is 14.8 Å². The molecule has 2 aliphatic heterocycles. The molecule has 1 aromatic rings. The van der Waals surface area contributed by atoms with Crippen LogP contribution in [0.3, 0.4) is 0 Å². The van der Waals surface area contributed by atoms with E-state index in [-0.39, 0.29) is 23.5 Å². The first-order valence-electron chi connectivity index (χ1n) is 7.90. The fraction of sp³-hybridized carbons (Fsp3) is 0.562. The Hall–Kier alpha value is -1.76. The van der Waals surface area contributed by atoms with Gasteiger partial charge in [-0.3, -0.25) is 4.79 Å². The molecule has 1 aromatic carbocycles. The number of rotatable bonds is 3. The van der Waals surface area contributed by atoms with Crippen LogP contribution in [0, 0.1) is 0 Å². The fourth-order valence-electron chi connectivity index (χ4n) is 3.35. The predicted molar refractivity (Wildman–Crippen MR) is 83.5 cm³/mol. The second-order valence-electron chi connectivity index (χ2n) is 6.51. The van der Waals surface area contributed by atoms with Crippen LogP contribution in [0.5, 0.6) is 11.5 Å². The molecule has 124 valence electrons. The molecular formula is C16H19NO5S. The average molecular weight is 337 g/mol. The van der Waals surface area contributed by atoms with Crippen molar-refractivity contribution in [1.82, 2.24) is 5.32 Å². The van der Waals surface area contributed by atoms with Crippen molar-refractivity contribution < 1.29 is 22.7 Å². The molecule has 1 N–H and O–H groups in total. The minimum Gasteiger partial charge on any atom is -0.486 e. The van der Waals surface area contributed by atoms with Gasteiger partial charge in [-0.25, -0.2) is 8.42 Å². The third-order valence-electron chi connectivity index (χ3n) is 4.85. The van der Waals surface area contributed by atoms with Crippen LogP contribution in [0.25, 0.3) is 0 Å². The van der Waals surface area contributed by atoms with E-state index in [1.54, 1.807) is 0 Å². The molecular weight excluding hydrogens is 318 g/mol. The Kier molecular flexibility index (Phi) is 3.30. The highest BCUT2D eigenvalue weighted by Gasteiger charge is 2.52. The lowest BCUT2D eigenvalue weighted by Crippen LogP contribution is -2.42. The first-order chi connectivity index (χ1) is 11.0. The Labute approximate surface area is 135 Å². The van der Waals surface area contributed by atoms with E-state index in [1.165, 1.54) is 0 Å². The van der Waals surface area contributed by atoms with Gasteiger partial charge in [0.05, 0.1) is 16.9 Å². The van der Waals surface area contributed by atoms with Crippen LogP contribution in [-0.2, 0) is 20.0 Å². The summed E-state index contributed by atoms with van der Waals surface area (Å²) in [7, 11) is -2.99. The van der Waals surface area contributed by atoms with Crippen molar-refractivity contribution in [2.45, 2.75) is 30.7 Å². The fourth-order valence-corrected chi connectivity index (χ4v) is 5.02. The number of carbonyl (C=O) groups is 1. The topological polar surface area (TPSA) is 81.7 Å². The Morgan fingerprint density at radius 2 is 1.91 bits per heavy atom. The Morgan fingerprint density at radius 3 is 2.57 bits per heavy atom. The molecule has 0 radical (unpaired) electrons. The van der Waals surface area contributed by atoms with Crippen LogP contribution in [0.15, 0.2) is 18.2 Å². The summed E-state index contributed by atoms with van der Waals surface area (Å²) in [6.07, 6.45) is 2.06. The molecule has 0 bridgehead atoms. The van der Waals surface area contributed by atoms with Crippen molar-refractivity contribution in [3.8, 4) is 11.5 Å². The largest absolute Gasteiger partial charge is 0.486 e.